The molecule has 0 unspecified atom stereocenters. The lowest BCUT2D eigenvalue weighted by Crippen LogP contribution is -1.96. The van der Waals surface area contributed by atoms with Crippen molar-refractivity contribution in [1.82, 2.24) is 0 Å². The van der Waals surface area contributed by atoms with E-state index in [0.717, 1.165) is 11.1 Å². The minimum absolute atomic E-state index is 0.0459. The molecule has 2 aromatic rings. The molecule has 1 heterocycles. The number of fused-ring (bicyclic) bond motifs is 1. The maximum Gasteiger partial charge on any atom is 0.269 e. The molecule has 0 aromatic heterocycles. The van der Waals surface area contributed by atoms with Crippen molar-refractivity contribution in [2.24, 2.45) is 4.99 Å². The first-order chi connectivity index (χ1) is 11.6. The first kappa shape index (κ1) is 15.8. The van der Waals surface area contributed by atoms with Crippen molar-refractivity contribution in [3.63, 3.8) is 0 Å². The zero-order valence-electron chi connectivity index (χ0n) is 13.3. The van der Waals surface area contributed by atoms with Crippen molar-refractivity contribution in [2.75, 3.05) is 13.4 Å². The van der Waals surface area contributed by atoms with Crippen LogP contribution in [0.25, 0.3) is 0 Å². The van der Waals surface area contributed by atoms with E-state index in [1.54, 1.807) is 31.3 Å². The molecule has 0 bridgehead atoms. The van der Waals surface area contributed by atoms with Crippen LogP contribution in [0, 0.1) is 17.0 Å². The number of aliphatic imine (C=N–C) groups is 1. The number of benzene rings is 2. The monoisotopic (exact) mass is 328 g/mol. The van der Waals surface area contributed by atoms with E-state index < -0.39 is 4.92 Å². The topological polar surface area (TPSA) is 83.2 Å². The number of nitro benzene ring substituents is 1. The first-order valence-corrected chi connectivity index (χ1v) is 7.44. The smallest absolute Gasteiger partial charge is 0.269 e. The fourth-order valence-corrected chi connectivity index (χ4v) is 2.36. The second-order valence-corrected chi connectivity index (χ2v) is 5.16. The van der Waals surface area contributed by atoms with E-state index in [4.69, 9.17) is 14.2 Å². The van der Waals surface area contributed by atoms with Gasteiger partial charge in [-0.25, -0.2) is 0 Å². The van der Waals surface area contributed by atoms with Crippen molar-refractivity contribution in [3.8, 4) is 17.2 Å². The summed E-state index contributed by atoms with van der Waals surface area (Å²) in [7, 11) is 0. The Morgan fingerprint density at radius 1 is 1.29 bits per heavy atom. The SMILES string of the molecule is CCOc1cc2c(cc1C=Nc1ccc([N+](=O)[O-])cc1C)OCO2. The van der Waals surface area contributed by atoms with Gasteiger partial charge >= 0.3 is 0 Å². The Kier molecular flexibility index (Phi) is 4.33. The van der Waals surface area contributed by atoms with E-state index in [1.807, 2.05) is 6.92 Å². The van der Waals surface area contributed by atoms with Crippen molar-refractivity contribution in [1.29, 1.82) is 0 Å². The van der Waals surface area contributed by atoms with Crippen LogP contribution in [0.5, 0.6) is 17.2 Å². The average Bonchev–Trinajstić information content (AvgIpc) is 3.00. The molecule has 3 rings (SSSR count). The highest BCUT2D eigenvalue weighted by Gasteiger charge is 2.17. The van der Waals surface area contributed by atoms with Crippen molar-refractivity contribution in [3.05, 3.63) is 51.6 Å². The second-order valence-electron chi connectivity index (χ2n) is 5.16. The normalized spacial score (nSPS) is 12.6. The zero-order chi connectivity index (χ0) is 17.1. The van der Waals surface area contributed by atoms with Gasteiger partial charge in [-0.15, -0.1) is 0 Å². The molecule has 2 aromatic carbocycles. The van der Waals surface area contributed by atoms with Crippen molar-refractivity contribution < 1.29 is 19.1 Å². The predicted molar refractivity (Wildman–Crippen MR) is 88.8 cm³/mol. The molecule has 24 heavy (non-hydrogen) atoms. The van der Waals surface area contributed by atoms with Crippen LogP contribution in [0.4, 0.5) is 11.4 Å². The first-order valence-electron chi connectivity index (χ1n) is 7.44. The molecule has 7 heteroatoms. The third-order valence-electron chi connectivity index (χ3n) is 3.54. The molecule has 1 aliphatic rings. The molecule has 7 nitrogen and oxygen atoms in total. The van der Waals surface area contributed by atoms with Gasteiger partial charge in [-0.05, 0) is 31.5 Å². The largest absolute Gasteiger partial charge is 0.493 e. The van der Waals surface area contributed by atoms with E-state index in [2.05, 4.69) is 4.99 Å². The number of hydrogen-bond acceptors (Lipinski definition) is 6. The number of nitro groups is 1. The minimum atomic E-state index is -0.425. The minimum Gasteiger partial charge on any atom is -0.493 e. The molecule has 0 radical (unpaired) electrons. The number of ether oxygens (including phenoxy) is 3. The van der Waals surface area contributed by atoms with Crippen LogP contribution in [0.3, 0.4) is 0 Å². The van der Waals surface area contributed by atoms with E-state index >= 15 is 0 Å². The highest BCUT2D eigenvalue weighted by Crippen LogP contribution is 2.37. The predicted octanol–water partition coefficient (Wildman–Crippen LogP) is 3.78. The Labute approximate surface area is 138 Å². The average molecular weight is 328 g/mol. The summed E-state index contributed by atoms with van der Waals surface area (Å²) in [6.07, 6.45) is 1.65. The van der Waals surface area contributed by atoms with Crippen molar-refractivity contribution in [2.45, 2.75) is 13.8 Å². The van der Waals surface area contributed by atoms with Crippen LogP contribution in [0.2, 0.25) is 0 Å². The molecular weight excluding hydrogens is 312 g/mol. The van der Waals surface area contributed by atoms with E-state index in [0.29, 0.717) is 29.5 Å². The fourth-order valence-electron chi connectivity index (χ4n) is 2.36. The summed E-state index contributed by atoms with van der Waals surface area (Å²) in [5.41, 5.74) is 2.17. The Hall–Kier alpha value is -3.09. The van der Waals surface area contributed by atoms with Gasteiger partial charge in [0, 0.05) is 30.0 Å². The second kappa shape index (κ2) is 6.57. The quantitative estimate of drug-likeness (QED) is 0.474. The van der Waals surface area contributed by atoms with Gasteiger partial charge in [0.15, 0.2) is 11.5 Å². The molecule has 0 saturated carbocycles. The molecule has 0 aliphatic carbocycles. The van der Waals surface area contributed by atoms with Gasteiger partial charge in [-0.2, -0.15) is 0 Å². The standard InChI is InChI=1S/C17H16N2O5/c1-3-22-15-8-17-16(23-10-24-17)7-12(15)9-18-14-5-4-13(19(20)21)6-11(14)2/h4-9H,3,10H2,1-2H3. The summed E-state index contributed by atoms with van der Waals surface area (Å²) in [4.78, 5) is 14.8. The van der Waals surface area contributed by atoms with E-state index in [-0.39, 0.29) is 12.5 Å². The number of nitrogens with zero attached hydrogens (tertiary/aromatic N) is 2. The molecule has 124 valence electrons. The van der Waals surface area contributed by atoms with Gasteiger partial charge in [0.25, 0.3) is 5.69 Å². The summed E-state index contributed by atoms with van der Waals surface area (Å²) in [6.45, 7) is 4.37. The Balaban J connectivity index is 1.93. The summed E-state index contributed by atoms with van der Waals surface area (Å²) >= 11 is 0. The lowest BCUT2D eigenvalue weighted by Gasteiger charge is -2.08. The molecule has 0 spiro atoms. The molecular formula is C17H16N2O5. The number of aryl methyl sites for hydroxylation is 1. The van der Waals surface area contributed by atoms with Crippen LogP contribution >= 0.6 is 0 Å². The Morgan fingerprint density at radius 2 is 2.04 bits per heavy atom. The highest BCUT2D eigenvalue weighted by molar-refractivity contribution is 5.87. The van der Waals surface area contributed by atoms with Crippen LogP contribution in [0.1, 0.15) is 18.1 Å². The zero-order valence-corrected chi connectivity index (χ0v) is 13.3. The molecule has 0 amide bonds. The van der Waals surface area contributed by atoms with Gasteiger partial charge in [-0.3, -0.25) is 15.1 Å². The fraction of sp³-hybridized carbons (Fsp3) is 0.235. The maximum absolute atomic E-state index is 10.8. The maximum atomic E-state index is 10.8. The van der Waals surface area contributed by atoms with Gasteiger partial charge in [0.1, 0.15) is 5.75 Å². The van der Waals surface area contributed by atoms with Crippen molar-refractivity contribution >= 4 is 17.6 Å². The summed E-state index contributed by atoms with van der Waals surface area (Å²) in [6, 6.07) is 8.13. The van der Waals surface area contributed by atoms with Gasteiger partial charge < -0.3 is 14.2 Å². The summed E-state index contributed by atoms with van der Waals surface area (Å²) in [5.74, 6) is 1.92. The van der Waals surface area contributed by atoms with E-state index in [9.17, 15) is 10.1 Å². The third kappa shape index (κ3) is 3.15. The number of rotatable bonds is 5. The van der Waals surface area contributed by atoms with Gasteiger partial charge in [0.2, 0.25) is 6.79 Å². The van der Waals surface area contributed by atoms with E-state index in [1.165, 1.54) is 12.1 Å². The summed E-state index contributed by atoms with van der Waals surface area (Å²) in [5, 5.41) is 10.8. The molecule has 0 saturated heterocycles. The van der Waals surface area contributed by atoms with Crippen LogP contribution in [0.15, 0.2) is 35.3 Å². The number of non-ortho nitro benzene ring substituents is 1. The lowest BCUT2D eigenvalue weighted by atomic mass is 10.1. The van der Waals surface area contributed by atoms with Crippen LogP contribution in [-0.2, 0) is 0 Å². The van der Waals surface area contributed by atoms with Gasteiger partial charge in [-0.1, -0.05) is 0 Å². The Bertz CT molecular complexity index is 817. The highest BCUT2D eigenvalue weighted by atomic mass is 16.7. The summed E-state index contributed by atoms with van der Waals surface area (Å²) < 4.78 is 16.3. The van der Waals surface area contributed by atoms with Gasteiger partial charge in [0.05, 0.1) is 17.2 Å². The number of hydrogen-bond donors (Lipinski definition) is 0. The van der Waals surface area contributed by atoms with Crippen LogP contribution < -0.4 is 14.2 Å². The molecule has 0 N–H and O–H groups in total. The Morgan fingerprint density at radius 3 is 2.71 bits per heavy atom. The molecule has 0 fully saturated rings. The molecule has 0 atom stereocenters. The lowest BCUT2D eigenvalue weighted by molar-refractivity contribution is -0.384. The molecule has 1 aliphatic heterocycles. The third-order valence-corrected chi connectivity index (χ3v) is 3.54. The van der Waals surface area contributed by atoms with Crippen LogP contribution in [-0.4, -0.2) is 24.5 Å².